The van der Waals surface area contributed by atoms with Gasteiger partial charge in [-0.05, 0) is 38.5 Å². The highest BCUT2D eigenvalue weighted by molar-refractivity contribution is 5.76. The van der Waals surface area contributed by atoms with Gasteiger partial charge in [0.05, 0.1) is 12.5 Å². The standard InChI is InChI=1S/C13H25NO2/c1-12(2)7-6-10(8-12)14-9-13(3,4)11(15)16-5/h10,14H,6-9H2,1-5H3. The van der Waals surface area contributed by atoms with E-state index in [2.05, 4.69) is 19.2 Å². The Kier molecular flexibility index (Phi) is 4.00. The first-order valence-corrected chi connectivity index (χ1v) is 6.09. The fourth-order valence-corrected chi connectivity index (χ4v) is 2.36. The molecule has 1 rings (SSSR count). The largest absolute Gasteiger partial charge is 0.469 e. The van der Waals surface area contributed by atoms with Gasteiger partial charge >= 0.3 is 5.97 Å². The normalized spacial score (nSPS) is 24.4. The molecule has 0 aliphatic heterocycles. The highest BCUT2D eigenvalue weighted by Crippen LogP contribution is 2.37. The lowest BCUT2D eigenvalue weighted by molar-refractivity contribution is -0.150. The first kappa shape index (κ1) is 13.5. The average molecular weight is 227 g/mol. The number of rotatable bonds is 4. The van der Waals surface area contributed by atoms with Gasteiger partial charge in [-0.2, -0.15) is 0 Å². The predicted octanol–water partition coefficient (Wildman–Crippen LogP) is 2.35. The third kappa shape index (κ3) is 3.48. The Morgan fingerprint density at radius 1 is 1.50 bits per heavy atom. The summed E-state index contributed by atoms with van der Waals surface area (Å²) >= 11 is 0. The van der Waals surface area contributed by atoms with Crippen molar-refractivity contribution < 1.29 is 9.53 Å². The summed E-state index contributed by atoms with van der Waals surface area (Å²) in [5, 5.41) is 3.49. The van der Waals surface area contributed by atoms with E-state index >= 15 is 0 Å². The van der Waals surface area contributed by atoms with Crippen LogP contribution in [0.4, 0.5) is 0 Å². The molecule has 94 valence electrons. The monoisotopic (exact) mass is 227 g/mol. The lowest BCUT2D eigenvalue weighted by atomic mass is 9.91. The van der Waals surface area contributed by atoms with Gasteiger partial charge in [-0.25, -0.2) is 0 Å². The van der Waals surface area contributed by atoms with Gasteiger partial charge in [0.15, 0.2) is 0 Å². The maximum atomic E-state index is 11.5. The highest BCUT2D eigenvalue weighted by Gasteiger charge is 2.34. The number of carbonyl (C=O) groups excluding carboxylic acids is 1. The molecule has 0 bridgehead atoms. The lowest BCUT2D eigenvalue weighted by Gasteiger charge is -2.25. The molecule has 1 atom stereocenters. The molecular formula is C13H25NO2. The van der Waals surface area contributed by atoms with Gasteiger partial charge in [0.2, 0.25) is 0 Å². The second kappa shape index (κ2) is 4.74. The van der Waals surface area contributed by atoms with Crippen LogP contribution in [0.5, 0.6) is 0 Å². The Hall–Kier alpha value is -0.570. The molecule has 3 heteroatoms. The Bertz CT molecular complexity index is 259. The number of nitrogens with one attached hydrogen (secondary N) is 1. The Morgan fingerprint density at radius 2 is 2.12 bits per heavy atom. The van der Waals surface area contributed by atoms with E-state index in [9.17, 15) is 4.79 Å². The quantitative estimate of drug-likeness (QED) is 0.749. The first-order chi connectivity index (χ1) is 7.27. The maximum Gasteiger partial charge on any atom is 0.312 e. The molecule has 1 N–H and O–H groups in total. The fourth-order valence-electron chi connectivity index (χ4n) is 2.36. The van der Waals surface area contributed by atoms with Crippen molar-refractivity contribution in [3.05, 3.63) is 0 Å². The van der Waals surface area contributed by atoms with Crippen molar-refractivity contribution in [2.24, 2.45) is 10.8 Å². The lowest BCUT2D eigenvalue weighted by Crippen LogP contribution is -2.41. The van der Waals surface area contributed by atoms with Gasteiger partial charge in [-0.3, -0.25) is 4.79 Å². The van der Waals surface area contributed by atoms with Gasteiger partial charge in [-0.1, -0.05) is 13.8 Å². The summed E-state index contributed by atoms with van der Waals surface area (Å²) in [7, 11) is 1.45. The zero-order valence-electron chi connectivity index (χ0n) is 11.2. The molecule has 0 spiro atoms. The molecule has 3 nitrogen and oxygen atoms in total. The van der Waals surface area contributed by atoms with E-state index < -0.39 is 5.41 Å². The van der Waals surface area contributed by atoms with Gasteiger partial charge in [0.25, 0.3) is 0 Å². The molecule has 1 unspecified atom stereocenters. The summed E-state index contributed by atoms with van der Waals surface area (Å²) in [4.78, 5) is 11.5. The molecule has 16 heavy (non-hydrogen) atoms. The van der Waals surface area contributed by atoms with Gasteiger partial charge in [0, 0.05) is 12.6 Å². The van der Waals surface area contributed by atoms with Crippen LogP contribution < -0.4 is 5.32 Å². The van der Waals surface area contributed by atoms with E-state index in [4.69, 9.17) is 4.74 Å². The molecule has 0 aromatic heterocycles. The van der Waals surface area contributed by atoms with E-state index in [1.165, 1.54) is 26.4 Å². The van der Waals surface area contributed by atoms with Crippen molar-refractivity contribution >= 4 is 5.97 Å². The summed E-state index contributed by atoms with van der Waals surface area (Å²) in [5.41, 5.74) is 0.0224. The summed E-state index contributed by atoms with van der Waals surface area (Å²) in [6.07, 6.45) is 3.68. The number of hydrogen-bond donors (Lipinski definition) is 1. The Balaban J connectivity index is 2.38. The SMILES string of the molecule is COC(=O)C(C)(C)CNC1CCC(C)(C)C1. The topological polar surface area (TPSA) is 38.3 Å². The van der Waals surface area contributed by atoms with E-state index in [1.54, 1.807) is 0 Å². The molecule has 0 heterocycles. The van der Waals surface area contributed by atoms with Crippen molar-refractivity contribution in [1.29, 1.82) is 0 Å². The minimum absolute atomic E-state index is 0.141. The van der Waals surface area contributed by atoms with Crippen LogP contribution in [0.1, 0.15) is 47.0 Å². The maximum absolute atomic E-state index is 11.5. The van der Waals surface area contributed by atoms with Crippen LogP contribution in [0.3, 0.4) is 0 Å². The van der Waals surface area contributed by atoms with Gasteiger partial charge in [-0.15, -0.1) is 0 Å². The molecule has 1 fully saturated rings. The first-order valence-electron chi connectivity index (χ1n) is 6.09. The molecule has 0 radical (unpaired) electrons. The van der Waals surface area contributed by atoms with Crippen molar-refractivity contribution in [1.82, 2.24) is 5.32 Å². The molecule has 0 amide bonds. The van der Waals surface area contributed by atoms with Crippen molar-refractivity contribution in [3.63, 3.8) is 0 Å². The number of ether oxygens (including phenoxy) is 1. The molecule has 0 saturated heterocycles. The van der Waals surface area contributed by atoms with Crippen molar-refractivity contribution in [2.75, 3.05) is 13.7 Å². The molecule has 1 aliphatic rings. The van der Waals surface area contributed by atoms with E-state index in [1.807, 2.05) is 13.8 Å². The molecule has 0 aromatic rings. The Morgan fingerprint density at radius 3 is 2.56 bits per heavy atom. The third-order valence-electron chi connectivity index (χ3n) is 3.54. The average Bonchev–Trinajstić information content (AvgIpc) is 2.54. The Labute approximate surface area is 98.9 Å². The van der Waals surface area contributed by atoms with Crippen LogP contribution in [-0.2, 0) is 9.53 Å². The number of hydrogen-bond acceptors (Lipinski definition) is 3. The van der Waals surface area contributed by atoms with Crippen molar-refractivity contribution in [3.8, 4) is 0 Å². The smallest absolute Gasteiger partial charge is 0.312 e. The summed E-state index contributed by atoms with van der Waals surface area (Å²) in [5.74, 6) is -0.141. The van der Waals surface area contributed by atoms with Crippen LogP contribution >= 0.6 is 0 Å². The predicted molar refractivity (Wildman–Crippen MR) is 65.2 cm³/mol. The molecular weight excluding hydrogens is 202 g/mol. The van der Waals surface area contributed by atoms with E-state index in [0.29, 0.717) is 18.0 Å². The second-order valence-electron chi connectivity index (χ2n) is 6.36. The van der Waals surface area contributed by atoms with Gasteiger partial charge in [0.1, 0.15) is 0 Å². The number of carbonyl (C=O) groups is 1. The molecule has 0 aromatic carbocycles. The summed E-state index contributed by atoms with van der Waals surface area (Å²) in [6.45, 7) is 9.15. The van der Waals surface area contributed by atoms with E-state index in [0.717, 1.165) is 0 Å². The van der Waals surface area contributed by atoms with Crippen LogP contribution in [0, 0.1) is 10.8 Å². The van der Waals surface area contributed by atoms with Crippen LogP contribution in [0.2, 0.25) is 0 Å². The number of esters is 1. The van der Waals surface area contributed by atoms with Crippen LogP contribution in [0.25, 0.3) is 0 Å². The van der Waals surface area contributed by atoms with Crippen LogP contribution in [-0.4, -0.2) is 25.7 Å². The number of methoxy groups -OCH3 is 1. The molecule has 1 saturated carbocycles. The second-order valence-corrected chi connectivity index (χ2v) is 6.36. The molecule has 1 aliphatic carbocycles. The van der Waals surface area contributed by atoms with Gasteiger partial charge < -0.3 is 10.1 Å². The van der Waals surface area contributed by atoms with Crippen molar-refractivity contribution in [2.45, 2.75) is 53.0 Å². The summed E-state index contributed by atoms with van der Waals surface area (Å²) in [6, 6.07) is 0.555. The van der Waals surface area contributed by atoms with E-state index in [-0.39, 0.29) is 5.97 Å². The minimum atomic E-state index is -0.429. The highest BCUT2D eigenvalue weighted by atomic mass is 16.5. The summed E-state index contributed by atoms with van der Waals surface area (Å²) < 4.78 is 4.79. The zero-order valence-corrected chi connectivity index (χ0v) is 11.2. The van der Waals surface area contributed by atoms with Crippen LogP contribution in [0.15, 0.2) is 0 Å². The third-order valence-corrected chi connectivity index (χ3v) is 3.54. The minimum Gasteiger partial charge on any atom is -0.469 e. The zero-order chi connectivity index (χ0) is 12.4. The fraction of sp³-hybridized carbons (Fsp3) is 0.923.